The first-order valence-electron chi connectivity index (χ1n) is 8.12. The molecular formula is C21H14ClN3. The Bertz CT molecular complexity index is 1240. The molecule has 5 rings (SSSR count). The van der Waals surface area contributed by atoms with Crippen molar-refractivity contribution in [1.82, 2.24) is 9.97 Å². The van der Waals surface area contributed by atoms with Crippen molar-refractivity contribution in [3.63, 3.8) is 0 Å². The van der Waals surface area contributed by atoms with Gasteiger partial charge in [0.25, 0.3) is 0 Å². The normalized spacial score (nSPS) is 11.4. The quantitative estimate of drug-likeness (QED) is 0.397. The molecule has 5 aromatic rings. The number of aromatic nitrogens is 2. The monoisotopic (exact) mass is 343 g/mol. The van der Waals surface area contributed by atoms with Crippen LogP contribution in [0.1, 0.15) is 0 Å². The van der Waals surface area contributed by atoms with E-state index < -0.39 is 0 Å². The van der Waals surface area contributed by atoms with Gasteiger partial charge in [-0.25, -0.2) is 4.98 Å². The Kier molecular flexibility index (Phi) is 3.15. The van der Waals surface area contributed by atoms with Crippen LogP contribution >= 0.6 is 11.6 Å². The minimum Gasteiger partial charge on any atom is -0.352 e. The Balaban J connectivity index is 1.88. The van der Waals surface area contributed by atoms with Crippen molar-refractivity contribution in [3.05, 3.63) is 77.8 Å². The van der Waals surface area contributed by atoms with Gasteiger partial charge in [0.2, 0.25) is 0 Å². The molecule has 0 spiro atoms. The molecule has 4 heteroatoms. The number of nitrogens with zero attached hydrogens (tertiary/aromatic N) is 1. The lowest BCUT2D eigenvalue weighted by atomic mass is 10.1. The number of H-pyrrole nitrogens is 1. The largest absolute Gasteiger partial charge is 0.352 e. The van der Waals surface area contributed by atoms with Gasteiger partial charge in [0, 0.05) is 16.3 Å². The zero-order valence-electron chi connectivity index (χ0n) is 13.3. The molecule has 0 fully saturated rings. The maximum atomic E-state index is 6.37. The van der Waals surface area contributed by atoms with E-state index >= 15 is 0 Å². The van der Waals surface area contributed by atoms with Crippen LogP contribution in [-0.2, 0) is 0 Å². The summed E-state index contributed by atoms with van der Waals surface area (Å²) in [7, 11) is 0. The van der Waals surface area contributed by atoms with E-state index in [1.807, 2.05) is 54.6 Å². The third-order valence-corrected chi connectivity index (χ3v) is 4.80. The summed E-state index contributed by atoms with van der Waals surface area (Å²) in [6, 6.07) is 24.1. The fourth-order valence-electron chi connectivity index (χ4n) is 3.29. The Labute approximate surface area is 149 Å². The standard InChI is InChI=1S/C21H14ClN3/c22-15-9-3-6-12-18(15)25-20-13-7-1-4-10-16(13)23-19-14-8-2-5-11-17(14)24-21(19)20/h1-12,24H,(H,23,25). The molecule has 0 atom stereocenters. The van der Waals surface area contributed by atoms with Crippen molar-refractivity contribution in [2.45, 2.75) is 0 Å². The SMILES string of the molecule is Clc1ccccc1Nc1c2ccccc2nc2c1[nH]c1ccccc12. The molecule has 0 saturated heterocycles. The lowest BCUT2D eigenvalue weighted by Gasteiger charge is -2.12. The lowest BCUT2D eigenvalue weighted by Crippen LogP contribution is -1.95. The maximum Gasteiger partial charge on any atom is 0.0986 e. The van der Waals surface area contributed by atoms with Gasteiger partial charge < -0.3 is 10.3 Å². The Hall–Kier alpha value is -3.04. The highest BCUT2D eigenvalue weighted by Gasteiger charge is 2.14. The molecule has 2 aromatic heterocycles. The summed E-state index contributed by atoms with van der Waals surface area (Å²) in [4.78, 5) is 8.40. The van der Waals surface area contributed by atoms with Crippen molar-refractivity contribution in [2.75, 3.05) is 5.32 Å². The molecule has 3 aromatic carbocycles. The van der Waals surface area contributed by atoms with E-state index in [1.54, 1.807) is 0 Å². The second-order valence-electron chi connectivity index (χ2n) is 6.00. The van der Waals surface area contributed by atoms with Crippen LogP contribution in [0.25, 0.3) is 32.8 Å². The Morgan fingerprint density at radius 2 is 1.52 bits per heavy atom. The summed E-state index contributed by atoms with van der Waals surface area (Å²) < 4.78 is 0. The van der Waals surface area contributed by atoms with E-state index in [0.29, 0.717) is 5.02 Å². The first-order valence-corrected chi connectivity index (χ1v) is 8.50. The van der Waals surface area contributed by atoms with Crippen LogP contribution in [0, 0.1) is 0 Å². The number of hydrogen-bond donors (Lipinski definition) is 2. The number of aromatic amines is 1. The van der Waals surface area contributed by atoms with Gasteiger partial charge in [-0.15, -0.1) is 0 Å². The minimum atomic E-state index is 0.688. The number of para-hydroxylation sites is 3. The fraction of sp³-hybridized carbons (Fsp3) is 0. The maximum absolute atomic E-state index is 6.37. The van der Waals surface area contributed by atoms with Crippen molar-refractivity contribution in [2.24, 2.45) is 0 Å². The molecule has 0 aliphatic carbocycles. The van der Waals surface area contributed by atoms with Gasteiger partial charge in [-0.1, -0.05) is 60.1 Å². The number of hydrogen-bond acceptors (Lipinski definition) is 2. The molecule has 0 saturated carbocycles. The molecule has 0 bridgehead atoms. The topological polar surface area (TPSA) is 40.7 Å². The second-order valence-corrected chi connectivity index (χ2v) is 6.41. The van der Waals surface area contributed by atoms with Gasteiger partial charge in [0.15, 0.2) is 0 Å². The molecule has 2 heterocycles. The molecule has 120 valence electrons. The van der Waals surface area contributed by atoms with Crippen molar-refractivity contribution in [3.8, 4) is 0 Å². The predicted octanol–water partition coefficient (Wildman–Crippen LogP) is 6.27. The number of halogens is 1. The molecule has 0 unspecified atom stereocenters. The van der Waals surface area contributed by atoms with Gasteiger partial charge in [-0.3, -0.25) is 0 Å². The van der Waals surface area contributed by atoms with E-state index in [9.17, 15) is 0 Å². The van der Waals surface area contributed by atoms with Crippen LogP contribution < -0.4 is 5.32 Å². The highest BCUT2D eigenvalue weighted by atomic mass is 35.5. The molecule has 25 heavy (non-hydrogen) atoms. The minimum absolute atomic E-state index is 0.688. The van der Waals surface area contributed by atoms with Crippen LogP contribution in [0.15, 0.2) is 72.8 Å². The highest BCUT2D eigenvalue weighted by Crippen LogP contribution is 2.37. The van der Waals surface area contributed by atoms with Crippen LogP contribution in [0.5, 0.6) is 0 Å². The van der Waals surface area contributed by atoms with E-state index in [4.69, 9.17) is 16.6 Å². The van der Waals surface area contributed by atoms with Crippen molar-refractivity contribution < 1.29 is 0 Å². The number of nitrogens with one attached hydrogen (secondary N) is 2. The molecule has 3 nitrogen and oxygen atoms in total. The summed E-state index contributed by atoms with van der Waals surface area (Å²) in [5.74, 6) is 0. The lowest BCUT2D eigenvalue weighted by molar-refractivity contribution is 1.47. The first-order chi connectivity index (χ1) is 12.3. The smallest absolute Gasteiger partial charge is 0.0986 e. The summed E-state index contributed by atoms with van der Waals surface area (Å²) in [5.41, 5.74) is 5.84. The Morgan fingerprint density at radius 3 is 2.40 bits per heavy atom. The number of fused-ring (bicyclic) bond motifs is 4. The van der Waals surface area contributed by atoms with E-state index in [-0.39, 0.29) is 0 Å². The van der Waals surface area contributed by atoms with Crippen LogP contribution in [0.2, 0.25) is 5.02 Å². The molecule has 0 aliphatic heterocycles. The van der Waals surface area contributed by atoms with E-state index in [2.05, 4.69) is 28.5 Å². The summed E-state index contributed by atoms with van der Waals surface area (Å²) >= 11 is 6.37. The van der Waals surface area contributed by atoms with Crippen LogP contribution in [-0.4, -0.2) is 9.97 Å². The predicted molar refractivity (Wildman–Crippen MR) is 106 cm³/mol. The van der Waals surface area contributed by atoms with Crippen molar-refractivity contribution in [1.29, 1.82) is 0 Å². The summed E-state index contributed by atoms with van der Waals surface area (Å²) in [6.07, 6.45) is 0. The summed E-state index contributed by atoms with van der Waals surface area (Å²) in [6.45, 7) is 0. The van der Waals surface area contributed by atoms with Gasteiger partial charge in [0.1, 0.15) is 0 Å². The average molecular weight is 344 g/mol. The van der Waals surface area contributed by atoms with Gasteiger partial charge in [-0.05, 0) is 24.3 Å². The fourth-order valence-corrected chi connectivity index (χ4v) is 3.47. The number of benzene rings is 3. The number of rotatable bonds is 2. The van der Waals surface area contributed by atoms with Gasteiger partial charge >= 0.3 is 0 Å². The molecule has 0 aliphatic rings. The van der Waals surface area contributed by atoms with E-state index in [0.717, 1.165) is 44.2 Å². The number of pyridine rings is 1. The molecule has 0 amide bonds. The molecular weight excluding hydrogens is 330 g/mol. The van der Waals surface area contributed by atoms with Crippen LogP contribution in [0.3, 0.4) is 0 Å². The molecule has 0 radical (unpaired) electrons. The Morgan fingerprint density at radius 1 is 0.800 bits per heavy atom. The highest BCUT2D eigenvalue weighted by molar-refractivity contribution is 6.33. The average Bonchev–Trinajstić information content (AvgIpc) is 3.02. The number of anilines is 2. The molecule has 2 N–H and O–H groups in total. The zero-order chi connectivity index (χ0) is 16.8. The van der Waals surface area contributed by atoms with Crippen molar-refractivity contribution >= 4 is 55.8 Å². The summed E-state index contributed by atoms with van der Waals surface area (Å²) in [5, 5.41) is 6.38. The van der Waals surface area contributed by atoms with E-state index in [1.165, 1.54) is 0 Å². The second kappa shape index (κ2) is 5.50. The van der Waals surface area contributed by atoms with Gasteiger partial charge in [0.05, 0.1) is 32.9 Å². The third kappa shape index (κ3) is 2.24. The third-order valence-electron chi connectivity index (χ3n) is 4.47. The van der Waals surface area contributed by atoms with Gasteiger partial charge in [-0.2, -0.15) is 0 Å². The first kappa shape index (κ1) is 14.3. The zero-order valence-corrected chi connectivity index (χ0v) is 14.0. The van der Waals surface area contributed by atoms with Crippen LogP contribution in [0.4, 0.5) is 11.4 Å².